The van der Waals surface area contributed by atoms with Gasteiger partial charge in [0.2, 0.25) is 0 Å². The summed E-state index contributed by atoms with van der Waals surface area (Å²) in [4.78, 5) is 19.1. The Labute approximate surface area is 130 Å². The molecule has 3 rings (SSSR count). The van der Waals surface area contributed by atoms with Crippen LogP contribution in [0.4, 0.5) is 5.69 Å². The van der Waals surface area contributed by atoms with Gasteiger partial charge in [0.25, 0.3) is 5.56 Å². The van der Waals surface area contributed by atoms with Crippen molar-refractivity contribution in [3.8, 4) is 0 Å². The zero-order chi connectivity index (χ0) is 14.8. The molecule has 0 bridgehead atoms. The van der Waals surface area contributed by atoms with E-state index in [0.29, 0.717) is 39.0 Å². The maximum Gasteiger partial charge on any atom is 0.258 e. The highest BCUT2D eigenvalue weighted by atomic mass is 35.5. The minimum atomic E-state index is -0.158. The molecule has 0 unspecified atom stereocenters. The van der Waals surface area contributed by atoms with E-state index in [1.165, 1.54) is 0 Å². The van der Waals surface area contributed by atoms with E-state index in [4.69, 9.17) is 23.2 Å². The number of nitrogens with zero attached hydrogens (tertiary/aromatic N) is 1. The third kappa shape index (κ3) is 2.86. The van der Waals surface area contributed by atoms with Crippen molar-refractivity contribution in [3.05, 3.63) is 68.7 Å². The van der Waals surface area contributed by atoms with E-state index in [2.05, 4.69) is 15.3 Å². The zero-order valence-corrected chi connectivity index (χ0v) is 12.4. The summed E-state index contributed by atoms with van der Waals surface area (Å²) in [5.41, 5.74) is 1.20. The molecule has 0 aliphatic heterocycles. The molecule has 0 atom stereocenters. The molecule has 1 aromatic heterocycles. The molecule has 0 amide bonds. The number of aromatic amines is 1. The summed E-state index contributed by atoms with van der Waals surface area (Å²) in [5, 5.41) is 4.60. The van der Waals surface area contributed by atoms with E-state index in [-0.39, 0.29) is 5.56 Å². The SMILES string of the molecule is O=c1[nH]c(CNc2cccc(Cl)c2Cl)nc2ccccc12. The molecule has 2 N–H and O–H groups in total. The molecule has 21 heavy (non-hydrogen) atoms. The van der Waals surface area contributed by atoms with Gasteiger partial charge in [0.15, 0.2) is 0 Å². The quantitative estimate of drug-likeness (QED) is 0.771. The topological polar surface area (TPSA) is 57.8 Å². The predicted molar refractivity (Wildman–Crippen MR) is 86.2 cm³/mol. The Hall–Kier alpha value is -2.04. The summed E-state index contributed by atoms with van der Waals surface area (Å²) in [6.45, 7) is 0.347. The van der Waals surface area contributed by atoms with Crippen LogP contribution in [0.15, 0.2) is 47.3 Å². The van der Waals surface area contributed by atoms with Crippen molar-refractivity contribution in [2.45, 2.75) is 6.54 Å². The summed E-state index contributed by atoms with van der Waals surface area (Å²) in [7, 11) is 0. The first kappa shape index (κ1) is 13.9. The Bertz CT molecular complexity index is 861. The monoisotopic (exact) mass is 319 g/mol. The normalized spacial score (nSPS) is 10.8. The summed E-state index contributed by atoms with van der Waals surface area (Å²) in [5.74, 6) is 0.537. The molecule has 0 spiro atoms. The lowest BCUT2D eigenvalue weighted by Gasteiger charge is -2.09. The number of H-pyrrole nitrogens is 1. The van der Waals surface area contributed by atoms with Crippen molar-refractivity contribution < 1.29 is 0 Å². The average Bonchev–Trinajstić information content (AvgIpc) is 2.49. The molecule has 2 aromatic carbocycles. The van der Waals surface area contributed by atoms with Crippen LogP contribution in [0.25, 0.3) is 10.9 Å². The van der Waals surface area contributed by atoms with E-state index in [1.54, 1.807) is 24.3 Å². The van der Waals surface area contributed by atoms with Crippen LogP contribution in [0.3, 0.4) is 0 Å². The molecule has 0 aliphatic rings. The van der Waals surface area contributed by atoms with Gasteiger partial charge in [-0.3, -0.25) is 4.79 Å². The molecule has 0 radical (unpaired) electrons. The minimum Gasteiger partial charge on any atom is -0.377 e. The Kier molecular flexibility index (Phi) is 3.82. The molecule has 4 nitrogen and oxygen atoms in total. The van der Waals surface area contributed by atoms with Crippen LogP contribution in [-0.4, -0.2) is 9.97 Å². The molecular formula is C15H11Cl2N3O. The second-order valence-electron chi connectivity index (χ2n) is 4.48. The number of hydrogen-bond acceptors (Lipinski definition) is 3. The molecule has 0 saturated carbocycles. The number of aromatic nitrogens is 2. The van der Waals surface area contributed by atoms with E-state index in [9.17, 15) is 4.79 Å². The number of benzene rings is 2. The second kappa shape index (κ2) is 5.76. The number of halogens is 2. The predicted octanol–water partition coefficient (Wildman–Crippen LogP) is 3.84. The minimum absolute atomic E-state index is 0.158. The van der Waals surface area contributed by atoms with Crippen LogP contribution >= 0.6 is 23.2 Å². The van der Waals surface area contributed by atoms with Crippen LogP contribution in [0, 0.1) is 0 Å². The van der Waals surface area contributed by atoms with Crippen LogP contribution in [0.5, 0.6) is 0 Å². The van der Waals surface area contributed by atoms with Crippen molar-refractivity contribution in [1.82, 2.24) is 9.97 Å². The van der Waals surface area contributed by atoms with Gasteiger partial charge in [0, 0.05) is 0 Å². The van der Waals surface area contributed by atoms with Crippen LogP contribution < -0.4 is 10.9 Å². The highest BCUT2D eigenvalue weighted by Crippen LogP contribution is 2.29. The average molecular weight is 320 g/mol. The molecule has 3 aromatic rings. The van der Waals surface area contributed by atoms with E-state index >= 15 is 0 Å². The molecular weight excluding hydrogens is 309 g/mol. The van der Waals surface area contributed by atoms with Gasteiger partial charge < -0.3 is 10.3 Å². The highest BCUT2D eigenvalue weighted by Gasteiger charge is 2.06. The summed E-state index contributed by atoms with van der Waals surface area (Å²) in [6, 6.07) is 12.5. The molecule has 0 aliphatic carbocycles. The van der Waals surface area contributed by atoms with Crippen molar-refractivity contribution in [3.63, 3.8) is 0 Å². The fourth-order valence-electron chi connectivity index (χ4n) is 2.04. The summed E-state index contributed by atoms with van der Waals surface area (Å²) in [6.07, 6.45) is 0. The first-order chi connectivity index (χ1) is 10.1. The second-order valence-corrected chi connectivity index (χ2v) is 5.27. The van der Waals surface area contributed by atoms with Crippen LogP contribution in [0.1, 0.15) is 5.82 Å². The Morgan fingerprint density at radius 1 is 1.10 bits per heavy atom. The lowest BCUT2D eigenvalue weighted by Crippen LogP contribution is -2.14. The van der Waals surface area contributed by atoms with Crippen molar-refractivity contribution in [1.29, 1.82) is 0 Å². The van der Waals surface area contributed by atoms with Crippen LogP contribution in [-0.2, 0) is 6.54 Å². The standard InChI is InChI=1S/C15H11Cl2N3O/c16-10-5-3-7-12(14(10)17)18-8-13-19-11-6-2-1-4-9(11)15(21)20-13/h1-7,18H,8H2,(H,19,20,21). The Morgan fingerprint density at radius 3 is 2.76 bits per heavy atom. The lowest BCUT2D eigenvalue weighted by atomic mass is 10.2. The van der Waals surface area contributed by atoms with Gasteiger partial charge >= 0.3 is 0 Å². The Morgan fingerprint density at radius 2 is 1.90 bits per heavy atom. The van der Waals surface area contributed by atoms with Gasteiger partial charge in [0.05, 0.1) is 33.2 Å². The largest absolute Gasteiger partial charge is 0.377 e. The number of nitrogens with one attached hydrogen (secondary N) is 2. The van der Waals surface area contributed by atoms with Crippen molar-refractivity contribution in [2.75, 3.05) is 5.32 Å². The number of fused-ring (bicyclic) bond motifs is 1. The lowest BCUT2D eigenvalue weighted by molar-refractivity contribution is 0.953. The first-order valence-electron chi connectivity index (χ1n) is 6.31. The van der Waals surface area contributed by atoms with Crippen LogP contribution in [0.2, 0.25) is 10.0 Å². The first-order valence-corrected chi connectivity index (χ1v) is 7.06. The van der Waals surface area contributed by atoms with E-state index in [0.717, 1.165) is 0 Å². The fourth-order valence-corrected chi connectivity index (χ4v) is 2.41. The number of anilines is 1. The van der Waals surface area contributed by atoms with Crippen molar-refractivity contribution >= 4 is 39.8 Å². The van der Waals surface area contributed by atoms with Gasteiger partial charge in [-0.1, -0.05) is 41.4 Å². The molecule has 106 valence electrons. The van der Waals surface area contributed by atoms with Gasteiger partial charge in [-0.25, -0.2) is 4.98 Å². The van der Waals surface area contributed by atoms with Gasteiger partial charge in [0.1, 0.15) is 5.82 Å². The zero-order valence-electron chi connectivity index (χ0n) is 10.9. The van der Waals surface area contributed by atoms with E-state index < -0.39 is 0 Å². The molecule has 0 fully saturated rings. The van der Waals surface area contributed by atoms with Crippen molar-refractivity contribution in [2.24, 2.45) is 0 Å². The molecule has 6 heteroatoms. The third-order valence-corrected chi connectivity index (χ3v) is 3.88. The number of para-hydroxylation sites is 1. The maximum absolute atomic E-state index is 12.0. The number of rotatable bonds is 3. The summed E-state index contributed by atoms with van der Waals surface area (Å²) >= 11 is 12.1. The van der Waals surface area contributed by atoms with E-state index in [1.807, 2.05) is 18.2 Å². The van der Waals surface area contributed by atoms with Gasteiger partial charge in [-0.15, -0.1) is 0 Å². The smallest absolute Gasteiger partial charge is 0.258 e. The summed E-state index contributed by atoms with van der Waals surface area (Å²) < 4.78 is 0. The molecule has 0 saturated heterocycles. The van der Waals surface area contributed by atoms with Gasteiger partial charge in [-0.2, -0.15) is 0 Å². The van der Waals surface area contributed by atoms with Gasteiger partial charge in [-0.05, 0) is 24.3 Å². The maximum atomic E-state index is 12.0. The third-order valence-electron chi connectivity index (χ3n) is 3.06. The fraction of sp³-hybridized carbons (Fsp3) is 0.0667. The molecule has 1 heterocycles. The highest BCUT2D eigenvalue weighted by molar-refractivity contribution is 6.43. The Balaban J connectivity index is 1.89. The number of hydrogen-bond donors (Lipinski definition) is 2.